The number of allylic oxidation sites excluding steroid dienone is 3. The molecule has 0 saturated carbocycles. The molecule has 0 amide bonds. The normalized spacial score (nSPS) is 23.0. The fourth-order valence-electron chi connectivity index (χ4n) is 2.77. The molecular weight excluding hydrogens is 278 g/mol. The van der Waals surface area contributed by atoms with E-state index in [4.69, 9.17) is 0 Å². The van der Waals surface area contributed by atoms with Crippen LogP contribution in [0.3, 0.4) is 0 Å². The molecule has 0 radical (unpaired) electrons. The molecule has 22 heavy (non-hydrogen) atoms. The van der Waals surface area contributed by atoms with E-state index in [-0.39, 0.29) is 11.1 Å². The Morgan fingerprint density at radius 3 is 2.36 bits per heavy atom. The molecule has 0 aliphatic heterocycles. The van der Waals surface area contributed by atoms with Crippen LogP contribution in [0.25, 0.3) is 0 Å². The highest BCUT2D eigenvalue weighted by Crippen LogP contribution is 2.46. The second kappa shape index (κ2) is 5.69. The summed E-state index contributed by atoms with van der Waals surface area (Å²) in [5.74, 6) is 0. The Kier molecular flexibility index (Phi) is 4.25. The highest BCUT2D eigenvalue weighted by Gasteiger charge is 2.36. The summed E-state index contributed by atoms with van der Waals surface area (Å²) in [6.07, 6.45) is 6.21. The van der Waals surface area contributed by atoms with Gasteiger partial charge in [0.15, 0.2) is 0 Å². The highest BCUT2D eigenvalue weighted by molar-refractivity contribution is 5.36. The average Bonchev–Trinajstić information content (AvgIpc) is 2.45. The Morgan fingerprint density at radius 1 is 1.27 bits per heavy atom. The van der Waals surface area contributed by atoms with E-state index in [0.29, 0.717) is 5.56 Å². The van der Waals surface area contributed by atoms with Gasteiger partial charge < -0.3 is 5.11 Å². The minimum atomic E-state index is -0.699. The lowest BCUT2D eigenvalue weighted by molar-refractivity contribution is -0.384. The quantitative estimate of drug-likeness (QED) is 0.657. The van der Waals surface area contributed by atoms with Crippen molar-refractivity contribution in [2.45, 2.75) is 40.2 Å². The molecule has 0 fully saturated rings. The summed E-state index contributed by atoms with van der Waals surface area (Å²) < 4.78 is 0. The lowest BCUT2D eigenvalue weighted by Gasteiger charge is -2.38. The Hall–Kier alpha value is -1.94. The molecule has 4 nitrogen and oxygen atoms in total. The fourth-order valence-corrected chi connectivity index (χ4v) is 2.77. The molecule has 0 aromatic heterocycles. The molecule has 0 bridgehead atoms. The van der Waals surface area contributed by atoms with E-state index in [9.17, 15) is 15.2 Å². The van der Waals surface area contributed by atoms with Crippen molar-refractivity contribution in [2.75, 3.05) is 0 Å². The Morgan fingerprint density at radius 2 is 1.86 bits per heavy atom. The van der Waals surface area contributed by atoms with Crippen LogP contribution in [0.5, 0.6) is 0 Å². The summed E-state index contributed by atoms with van der Waals surface area (Å²) >= 11 is 0. The number of hydrogen-bond acceptors (Lipinski definition) is 3. The van der Waals surface area contributed by atoms with E-state index in [1.807, 2.05) is 19.1 Å². The van der Waals surface area contributed by atoms with Crippen LogP contribution in [-0.4, -0.2) is 10.0 Å². The third-order valence-electron chi connectivity index (χ3n) is 4.35. The van der Waals surface area contributed by atoms with Gasteiger partial charge in [-0.15, -0.1) is 0 Å². The van der Waals surface area contributed by atoms with Gasteiger partial charge in [0, 0.05) is 17.5 Å². The number of aliphatic hydroxyl groups excluding tert-OH is 1. The molecule has 2 rings (SSSR count). The zero-order valence-corrected chi connectivity index (χ0v) is 13.5. The van der Waals surface area contributed by atoms with Gasteiger partial charge in [0.2, 0.25) is 0 Å². The summed E-state index contributed by atoms with van der Waals surface area (Å²) in [5, 5.41) is 21.5. The first-order valence-corrected chi connectivity index (χ1v) is 7.45. The van der Waals surface area contributed by atoms with Gasteiger partial charge in [-0.1, -0.05) is 51.5 Å². The van der Waals surface area contributed by atoms with Gasteiger partial charge in [0.25, 0.3) is 5.69 Å². The number of hydrogen-bond donors (Lipinski definition) is 1. The van der Waals surface area contributed by atoms with E-state index in [1.165, 1.54) is 17.7 Å². The van der Waals surface area contributed by atoms with Crippen molar-refractivity contribution in [3.05, 3.63) is 63.7 Å². The van der Waals surface area contributed by atoms with Gasteiger partial charge in [-0.2, -0.15) is 0 Å². The zero-order valence-electron chi connectivity index (χ0n) is 13.5. The second-order valence-electron chi connectivity index (χ2n) is 7.23. The lowest BCUT2D eigenvalue weighted by Crippen LogP contribution is -2.28. The molecule has 0 heterocycles. The van der Waals surface area contributed by atoms with Gasteiger partial charge in [-0.05, 0) is 29.5 Å². The van der Waals surface area contributed by atoms with Crippen LogP contribution in [0.15, 0.2) is 48.1 Å². The van der Waals surface area contributed by atoms with Crippen molar-refractivity contribution in [1.29, 1.82) is 0 Å². The number of non-ortho nitro benzene ring substituents is 1. The van der Waals surface area contributed by atoms with Gasteiger partial charge in [-0.25, -0.2) is 0 Å². The second-order valence-corrected chi connectivity index (χ2v) is 7.23. The summed E-state index contributed by atoms with van der Waals surface area (Å²) in [4.78, 5) is 10.3. The first kappa shape index (κ1) is 16.4. The summed E-state index contributed by atoms with van der Waals surface area (Å²) in [5.41, 5.74) is 1.68. The van der Waals surface area contributed by atoms with Crippen LogP contribution in [-0.2, 0) is 0 Å². The van der Waals surface area contributed by atoms with E-state index < -0.39 is 16.4 Å². The predicted octanol–water partition coefficient (Wildman–Crippen LogP) is 4.57. The first-order chi connectivity index (χ1) is 10.1. The highest BCUT2D eigenvalue weighted by atomic mass is 16.6. The largest absolute Gasteiger partial charge is 0.388 e. The van der Waals surface area contributed by atoms with Gasteiger partial charge in [0.1, 0.15) is 0 Å². The third kappa shape index (κ3) is 3.28. The molecule has 1 N–H and O–H groups in total. The summed E-state index contributed by atoms with van der Waals surface area (Å²) in [6.45, 7) is 8.51. The van der Waals surface area contributed by atoms with E-state index >= 15 is 0 Å². The standard InChI is InChI=1S/C18H23NO3/c1-17(2,3)14-6-5-11-18(4,12-14)16(20)13-7-9-15(10-8-13)19(21)22/h5-11,16,20H,12H2,1-4H3/t16-,18+/m0/s1. The van der Waals surface area contributed by atoms with Crippen molar-refractivity contribution < 1.29 is 10.0 Å². The average molecular weight is 301 g/mol. The van der Waals surface area contributed by atoms with Crippen LogP contribution in [0.2, 0.25) is 0 Å². The summed E-state index contributed by atoms with van der Waals surface area (Å²) in [6, 6.07) is 6.15. The molecule has 1 aliphatic rings. The molecule has 118 valence electrons. The van der Waals surface area contributed by atoms with E-state index in [0.717, 1.165) is 6.42 Å². The van der Waals surface area contributed by atoms with Crippen molar-refractivity contribution in [1.82, 2.24) is 0 Å². The van der Waals surface area contributed by atoms with Crippen LogP contribution in [0.1, 0.15) is 45.8 Å². The topological polar surface area (TPSA) is 63.4 Å². The Labute approximate surface area is 131 Å². The van der Waals surface area contributed by atoms with Crippen LogP contribution in [0, 0.1) is 20.9 Å². The van der Waals surface area contributed by atoms with Crippen LogP contribution < -0.4 is 0 Å². The molecular formula is C18H23NO3. The molecule has 1 aromatic rings. The van der Waals surface area contributed by atoms with Gasteiger partial charge in [-0.3, -0.25) is 10.1 Å². The number of aliphatic hydroxyl groups is 1. The SMILES string of the molecule is CC(C)(C)C1=CC=C[C@@](C)([C@@H](O)c2ccc([N+](=O)[O-])cc2)C1. The van der Waals surface area contributed by atoms with Crippen molar-refractivity contribution in [3.8, 4) is 0 Å². The first-order valence-electron chi connectivity index (χ1n) is 7.45. The van der Waals surface area contributed by atoms with Gasteiger partial charge in [0.05, 0.1) is 11.0 Å². The van der Waals surface area contributed by atoms with Crippen LogP contribution >= 0.6 is 0 Å². The Bertz CT molecular complexity index is 623. The van der Waals surface area contributed by atoms with Gasteiger partial charge >= 0.3 is 0 Å². The number of nitrogens with zero attached hydrogens (tertiary/aromatic N) is 1. The number of nitro benzene ring substituents is 1. The lowest BCUT2D eigenvalue weighted by atomic mass is 9.68. The number of nitro groups is 1. The van der Waals surface area contributed by atoms with Crippen molar-refractivity contribution in [2.24, 2.45) is 10.8 Å². The molecule has 4 heteroatoms. The molecule has 1 aromatic carbocycles. The van der Waals surface area contributed by atoms with Crippen LogP contribution in [0.4, 0.5) is 5.69 Å². The maximum Gasteiger partial charge on any atom is 0.269 e. The third-order valence-corrected chi connectivity index (χ3v) is 4.35. The smallest absolute Gasteiger partial charge is 0.269 e. The minimum Gasteiger partial charge on any atom is -0.388 e. The maximum atomic E-state index is 10.8. The monoisotopic (exact) mass is 301 g/mol. The Balaban J connectivity index is 2.25. The molecule has 2 atom stereocenters. The maximum absolute atomic E-state index is 10.8. The minimum absolute atomic E-state index is 0.0376. The van der Waals surface area contributed by atoms with Crippen molar-refractivity contribution >= 4 is 5.69 Å². The van der Waals surface area contributed by atoms with Crippen molar-refractivity contribution in [3.63, 3.8) is 0 Å². The zero-order chi connectivity index (χ0) is 16.5. The number of rotatable bonds is 3. The molecule has 0 unspecified atom stereocenters. The van der Waals surface area contributed by atoms with E-state index in [2.05, 4.69) is 26.8 Å². The molecule has 1 aliphatic carbocycles. The predicted molar refractivity (Wildman–Crippen MR) is 87.5 cm³/mol. The number of benzene rings is 1. The summed E-state index contributed by atoms with van der Waals surface area (Å²) in [7, 11) is 0. The molecule has 0 spiro atoms. The fraction of sp³-hybridized carbons (Fsp3) is 0.444. The van der Waals surface area contributed by atoms with E-state index in [1.54, 1.807) is 12.1 Å². The molecule has 0 saturated heterocycles.